The van der Waals surface area contributed by atoms with E-state index in [9.17, 15) is 19.5 Å². The summed E-state index contributed by atoms with van der Waals surface area (Å²) in [6, 6.07) is 15.1. The number of fused-ring (bicyclic) bond motifs is 1. The first-order chi connectivity index (χ1) is 14.2. The van der Waals surface area contributed by atoms with Gasteiger partial charge in [0.15, 0.2) is 0 Å². The summed E-state index contributed by atoms with van der Waals surface area (Å²) in [5, 5.41) is 12.1. The number of hydrogen-bond donors (Lipinski definition) is 2. The Bertz CT molecular complexity index is 990. The molecule has 1 aliphatic carbocycles. The Labute approximate surface area is 174 Å². The van der Waals surface area contributed by atoms with Crippen molar-refractivity contribution in [1.82, 2.24) is 10.2 Å². The minimum absolute atomic E-state index is 0.162. The molecule has 1 heterocycles. The fourth-order valence-corrected chi connectivity index (χ4v) is 4.53. The number of nitrogens with zero attached hydrogens (tertiary/aromatic N) is 1. The molecule has 1 aliphatic heterocycles. The van der Waals surface area contributed by atoms with E-state index >= 15 is 0 Å². The van der Waals surface area contributed by atoms with Gasteiger partial charge < -0.3 is 20.1 Å². The van der Waals surface area contributed by atoms with Gasteiger partial charge in [-0.25, -0.2) is 4.79 Å². The number of para-hydroxylation sites is 1. The zero-order valence-corrected chi connectivity index (χ0v) is 16.9. The molecule has 156 valence electrons. The highest BCUT2D eigenvalue weighted by atomic mass is 16.5. The molecule has 30 heavy (non-hydrogen) atoms. The number of piperidine rings is 1. The molecule has 4 rings (SSSR count). The number of rotatable bonds is 6. The van der Waals surface area contributed by atoms with E-state index in [4.69, 9.17) is 4.74 Å². The third kappa shape index (κ3) is 3.40. The van der Waals surface area contributed by atoms with Gasteiger partial charge >= 0.3 is 5.97 Å². The van der Waals surface area contributed by atoms with Crippen LogP contribution in [0.4, 0.5) is 0 Å². The van der Waals surface area contributed by atoms with Crippen molar-refractivity contribution in [1.29, 1.82) is 0 Å². The third-order valence-corrected chi connectivity index (χ3v) is 6.45. The molecule has 1 saturated carbocycles. The summed E-state index contributed by atoms with van der Waals surface area (Å²) in [5.41, 5.74) is -0.222. The van der Waals surface area contributed by atoms with E-state index in [0.29, 0.717) is 23.5 Å². The topological polar surface area (TPSA) is 95.9 Å². The lowest BCUT2D eigenvalue weighted by molar-refractivity contribution is -0.150. The number of hydrogen-bond acceptors (Lipinski definition) is 4. The number of likely N-dealkylation sites (tertiary alicyclic amines) is 1. The maximum absolute atomic E-state index is 12.8. The van der Waals surface area contributed by atoms with Gasteiger partial charge in [0, 0.05) is 11.1 Å². The van der Waals surface area contributed by atoms with Crippen molar-refractivity contribution in [2.24, 2.45) is 5.41 Å². The van der Waals surface area contributed by atoms with Crippen molar-refractivity contribution in [2.75, 3.05) is 6.54 Å². The molecule has 2 fully saturated rings. The summed E-state index contributed by atoms with van der Waals surface area (Å²) in [7, 11) is 0. The number of nitrogens with one attached hydrogen (secondary N) is 1. The zero-order chi connectivity index (χ0) is 21.5. The van der Waals surface area contributed by atoms with E-state index in [2.05, 4.69) is 5.32 Å². The number of aliphatic carboxylic acids is 1. The van der Waals surface area contributed by atoms with Gasteiger partial charge in [0.25, 0.3) is 5.91 Å². The molecule has 0 unspecified atom stereocenters. The second-order valence-electron chi connectivity index (χ2n) is 8.46. The van der Waals surface area contributed by atoms with Crippen molar-refractivity contribution >= 4 is 17.8 Å². The molecule has 2 N–H and O–H groups in total. The maximum atomic E-state index is 12.8. The largest absolute Gasteiger partial charge is 0.480 e. The smallest absolute Gasteiger partial charge is 0.326 e. The van der Waals surface area contributed by atoms with Crippen LogP contribution in [0.15, 0.2) is 54.6 Å². The van der Waals surface area contributed by atoms with E-state index < -0.39 is 23.5 Å². The predicted octanol–water partition coefficient (Wildman–Crippen LogP) is 3.06. The zero-order valence-electron chi connectivity index (χ0n) is 16.9. The SMILES string of the molecule is C[C@@]12C[C@@H](C(=O)O)N(C(=O)CNC(=O)c3ccc(Oc4ccccc4)cc3)[C@]1(C)C2. The minimum Gasteiger partial charge on any atom is -0.480 e. The molecular formula is C23H24N2O5. The molecule has 2 aliphatic rings. The van der Waals surface area contributed by atoms with Crippen molar-refractivity contribution in [2.45, 2.75) is 38.3 Å². The monoisotopic (exact) mass is 408 g/mol. The quantitative estimate of drug-likeness (QED) is 0.766. The van der Waals surface area contributed by atoms with Crippen molar-refractivity contribution in [3.63, 3.8) is 0 Å². The number of carboxylic acids is 1. The minimum atomic E-state index is -1.00. The first-order valence-corrected chi connectivity index (χ1v) is 9.90. The summed E-state index contributed by atoms with van der Waals surface area (Å²) in [6.07, 6.45) is 1.23. The Balaban J connectivity index is 1.36. The normalized spacial score (nSPS) is 26.6. The maximum Gasteiger partial charge on any atom is 0.326 e. The Morgan fingerprint density at radius 2 is 1.70 bits per heavy atom. The van der Waals surface area contributed by atoms with Crippen LogP contribution in [0.2, 0.25) is 0 Å². The number of benzene rings is 2. The second-order valence-corrected chi connectivity index (χ2v) is 8.46. The molecule has 7 nitrogen and oxygen atoms in total. The van der Waals surface area contributed by atoms with Crippen LogP contribution in [0.3, 0.4) is 0 Å². The van der Waals surface area contributed by atoms with E-state index in [1.54, 1.807) is 24.3 Å². The average Bonchev–Trinajstić information content (AvgIpc) is 3.18. The van der Waals surface area contributed by atoms with Crippen LogP contribution in [-0.4, -0.2) is 45.9 Å². The van der Waals surface area contributed by atoms with Crippen LogP contribution in [0.1, 0.15) is 37.0 Å². The lowest BCUT2D eigenvalue weighted by atomic mass is 10.0. The average molecular weight is 408 g/mol. The molecule has 7 heteroatoms. The second kappa shape index (κ2) is 7.16. The van der Waals surface area contributed by atoms with Crippen LogP contribution in [0.25, 0.3) is 0 Å². The van der Waals surface area contributed by atoms with Gasteiger partial charge in [-0.05, 0) is 61.6 Å². The molecule has 0 spiro atoms. The van der Waals surface area contributed by atoms with Gasteiger partial charge in [-0.2, -0.15) is 0 Å². The molecule has 0 aromatic heterocycles. The highest BCUT2D eigenvalue weighted by Gasteiger charge is 2.73. The van der Waals surface area contributed by atoms with Crippen molar-refractivity contribution in [3.8, 4) is 11.5 Å². The van der Waals surface area contributed by atoms with Gasteiger partial charge in [-0.3, -0.25) is 9.59 Å². The molecule has 0 radical (unpaired) electrons. The Kier molecular flexibility index (Phi) is 4.76. The summed E-state index contributed by atoms with van der Waals surface area (Å²) < 4.78 is 5.70. The molecule has 2 amide bonds. The predicted molar refractivity (Wildman–Crippen MR) is 109 cm³/mol. The number of carbonyl (C=O) groups excluding carboxylic acids is 2. The third-order valence-electron chi connectivity index (χ3n) is 6.45. The lowest BCUT2D eigenvalue weighted by Crippen LogP contribution is -2.51. The summed E-state index contributed by atoms with van der Waals surface area (Å²) in [4.78, 5) is 38.3. The van der Waals surface area contributed by atoms with Crippen LogP contribution >= 0.6 is 0 Å². The Hall–Kier alpha value is -3.35. The number of ether oxygens (including phenoxy) is 1. The fraction of sp³-hybridized carbons (Fsp3) is 0.348. The summed E-state index contributed by atoms with van der Waals surface area (Å²) in [6.45, 7) is 3.69. The van der Waals surface area contributed by atoms with Crippen molar-refractivity contribution in [3.05, 3.63) is 60.2 Å². The summed E-state index contributed by atoms with van der Waals surface area (Å²) in [5.74, 6) is -0.484. The van der Waals surface area contributed by atoms with Gasteiger partial charge in [0.1, 0.15) is 17.5 Å². The number of amides is 2. The summed E-state index contributed by atoms with van der Waals surface area (Å²) >= 11 is 0. The lowest BCUT2D eigenvalue weighted by Gasteiger charge is -2.30. The van der Waals surface area contributed by atoms with Crippen LogP contribution in [0, 0.1) is 5.41 Å². The molecular weight excluding hydrogens is 384 g/mol. The van der Waals surface area contributed by atoms with Gasteiger partial charge in [0.05, 0.1) is 6.54 Å². The molecule has 0 bridgehead atoms. The first kappa shape index (κ1) is 19.9. The Morgan fingerprint density at radius 3 is 2.33 bits per heavy atom. The van der Waals surface area contributed by atoms with Crippen molar-refractivity contribution < 1.29 is 24.2 Å². The van der Waals surface area contributed by atoms with Gasteiger partial charge in [0.2, 0.25) is 5.91 Å². The highest BCUT2D eigenvalue weighted by Crippen LogP contribution is 2.67. The van der Waals surface area contributed by atoms with E-state index in [1.807, 2.05) is 44.2 Å². The Morgan fingerprint density at radius 1 is 1.07 bits per heavy atom. The molecule has 2 aromatic rings. The van der Waals surface area contributed by atoms with Gasteiger partial charge in [-0.1, -0.05) is 25.1 Å². The van der Waals surface area contributed by atoms with Gasteiger partial charge in [-0.15, -0.1) is 0 Å². The first-order valence-electron chi connectivity index (χ1n) is 9.90. The highest BCUT2D eigenvalue weighted by molar-refractivity contribution is 5.97. The molecule has 3 atom stereocenters. The molecule has 2 aromatic carbocycles. The van der Waals surface area contributed by atoms with E-state index in [1.165, 1.54) is 4.90 Å². The molecule has 1 saturated heterocycles. The standard InChI is InChI=1S/C23H24N2O5/c1-22-12-18(21(28)29)25(23(22,2)14-22)19(26)13-24-20(27)15-8-10-17(11-9-15)30-16-6-4-3-5-7-16/h3-11,18H,12-14H2,1-2H3,(H,24,27)(H,28,29)/t18-,22-,23+/m0/s1. The van der Waals surface area contributed by atoms with Crippen LogP contribution < -0.4 is 10.1 Å². The number of carbonyl (C=O) groups is 3. The van der Waals surface area contributed by atoms with Crippen LogP contribution in [-0.2, 0) is 9.59 Å². The van der Waals surface area contributed by atoms with E-state index in [0.717, 1.165) is 6.42 Å². The van der Waals surface area contributed by atoms with E-state index in [-0.39, 0.29) is 17.9 Å². The van der Waals surface area contributed by atoms with Crippen LogP contribution in [0.5, 0.6) is 11.5 Å². The number of carboxylic acid groups (broad SMARTS) is 1. The fourth-order valence-electron chi connectivity index (χ4n) is 4.53.